The van der Waals surface area contributed by atoms with Gasteiger partial charge in [-0.1, -0.05) is 11.3 Å². The quantitative estimate of drug-likeness (QED) is 0.507. The van der Waals surface area contributed by atoms with E-state index in [1.807, 2.05) is 11.8 Å². The highest BCUT2D eigenvalue weighted by atomic mass is 32.2. The molecule has 2 N–H and O–H groups in total. The molecule has 14 heteroatoms. The van der Waals surface area contributed by atoms with Crippen LogP contribution in [0.15, 0.2) is 17.2 Å². The van der Waals surface area contributed by atoms with Gasteiger partial charge < -0.3 is 10.0 Å². The second-order valence-electron chi connectivity index (χ2n) is 8.80. The fourth-order valence-corrected chi connectivity index (χ4v) is 6.08. The van der Waals surface area contributed by atoms with Gasteiger partial charge in [-0.15, -0.1) is 20.4 Å². The van der Waals surface area contributed by atoms with Gasteiger partial charge in [-0.05, 0) is 44.6 Å². The molecule has 1 aliphatic carbocycles. The largest absolute Gasteiger partial charge is 0.396 e. The van der Waals surface area contributed by atoms with Crippen molar-refractivity contribution in [3.8, 4) is 10.8 Å². The van der Waals surface area contributed by atoms with E-state index in [0.717, 1.165) is 25.7 Å². The van der Waals surface area contributed by atoms with Gasteiger partial charge in [-0.2, -0.15) is 0 Å². The van der Waals surface area contributed by atoms with E-state index in [-0.39, 0.29) is 28.3 Å². The van der Waals surface area contributed by atoms with Crippen LogP contribution >= 0.6 is 11.3 Å². The fraction of sp³-hybridized carbons (Fsp3) is 0.579. The summed E-state index contributed by atoms with van der Waals surface area (Å²) in [7, 11) is -3.85. The first-order valence-electron chi connectivity index (χ1n) is 10.6. The number of nitrogens with zero attached hydrogens (tertiary/aromatic N) is 6. The van der Waals surface area contributed by atoms with Crippen LogP contribution in [0.25, 0.3) is 16.5 Å². The maximum absolute atomic E-state index is 13.2. The highest BCUT2D eigenvalue weighted by Crippen LogP contribution is 2.37. The van der Waals surface area contributed by atoms with Crippen LogP contribution in [-0.4, -0.2) is 63.6 Å². The van der Waals surface area contributed by atoms with Gasteiger partial charge in [-0.3, -0.25) is 4.40 Å². The molecule has 1 saturated heterocycles. The molecular formula is C19H23F2N7O3S2. The van der Waals surface area contributed by atoms with Crippen LogP contribution in [0.3, 0.4) is 0 Å². The minimum atomic E-state index is -3.85. The van der Waals surface area contributed by atoms with Crippen molar-refractivity contribution in [3.05, 3.63) is 17.3 Å². The molecule has 2 aliphatic rings. The lowest BCUT2D eigenvalue weighted by Crippen LogP contribution is -2.36. The maximum Gasteiger partial charge on any atom is 0.291 e. The molecule has 10 nitrogen and oxygen atoms in total. The Kier molecular flexibility index (Phi) is 5.58. The molecular weight excluding hydrogens is 476 g/mol. The predicted octanol–water partition coefficient (Wildman–Crippen LogP) is 2.22. The van der Waals surface area contributed by atoms with Crippen molar-refractivity contribution in [1.29, 1.82) is 0 Å². The van der Waals surface area contributed by atoms with Crippen molar-refractivity contribution in [2.24, 2.45) is 5.92 Å². The smallest absolute Gasteiger partial charge is 0.291 e. The Morgan fingerprint density at radius 3 is 2.58 bits per heavy atom. The van der Waals surface area contributed by atoms with Crippen LogP contribution in [0.4, 0.5) is 14.5 Å². The lowest BCUT2D eigenvalue weighted by atomic mass is 9.97. The van der Waals surface area contributed by atoms with Crippen LogP contribution < -0.4 is 9.62 Å². The summed E-state index contributed by atoms with van der Waals surface area (Å²) in [4.78, 5) is 2.05. The second-order valence-corrected chi connectivity index (χ2v) is 11.5. The summed E-state index contributed by atoms with van der Waals surface area (Å²) >= 11 is 0.690. The van der Waals surface area contributed by atoms with Gasteiger partial charge in [0.1, 0.15) is 4.90 Å². The molecule has 0 spiro atoms. The average molecular weight is 500 g/mol. The molecule has 178 valence electrons. The SMILES string of the molecule is CC1(NS(=O)(=O)c2cc(N3CCC(CO)CC3)c3nnc(-c4nnc(C(F)F)s4)n3c2)CC1. The van der Waals surface area contributed by atoms with Crippen molar-refractivity contribution in [2.75, 3.05) is 24.6 Å². The number of hydrogen-bond acceptors (Lipinski definition) is 9. The number of hydrogen-bond donors (Lipinski definition) is 2. The Bertz CT molecular complexity index is 1280. The topological polar surface area (TPSA) is 126 Å². The van der Waals surface area contributed by atoms with Crippen LogP contribution in [0.5, 0.6) is 0 Å². The molecule has 33 heavy (non-hydrogen) atoms. The van der Waals surface area contributed by atoms with Crippen molar-refractivity contribution < 1.29 is 22.3 Å². The van der Waals surface area contributed by atoms with Crippen molar-refractivity contribution in [1.82, 2.24) is 29.5 Å². The van der Waals surface area contributed by atoms with Gasteiger partial charge in [0.25, 0.3) is 6.43 Å². The zero-order chi connectivity index (χ0) is 23.4. The maximum atomic E-state index is 13.2. The molecule has 0 amide bonds. The van der Waals surface area contributed by atoms with Gasteiger partial charge in [0.2, 0.25) is 10.0 Å². The number of sulfonamides is 1. The van der Waals surface area contributed by atoms with E-state index in [1.54, 1.807) is 6.07 Å². The lowest BCUT2D eigenvalue weighted by molar-refractivity contribution is 0.150. The van der Waals surface area contributed by atoms with Crippen molar-refractivity contribution in [2.45, 2.75) is 49.5 Å². The number of aromatic nitrogens is 5. The summed E-state index contributed by atoms with van der Waals surface area (Å²) in [6.45, 7) is 3.19. The van der Waals surface area contributed by atoms with Gasteiger partial charge in [0.15, 0.2) is 21.5 Å². The number of alkyl halides is 2. The van der Waals surface area contributed by atoms with Crippen LogP contribution in [0.1, 0.15) is 44.0 Å². The lowest BCUT2D eigenvalue weighted by Gasteiger charge is -2.33. The molecule has 0 atom stereocenters. The van der Waals surface area contributed by atoms with E-state index in [0.29, 0.717) is 35.8 Å². The molecule has 2 fully saturated rings. The standard InChI is InChI=1S/C19H23F2N7O3S2/c1-19(4-5-19)26-33(30,31)12-8-13(27-6-2-11(10-29)3-7-27)15-22-23-16(28(15)9-12)18-25-24-17(32-18)14(20)21/h8-9,11,14,26,29H,2-7,10H2,1H3. The van der Waals surface area contributed by atoms with E-state index in [1.165, 1.54) is 10.6 Å². The highest BCUT2D eigenvalue weighted by Gasteiger charge is 2.41. The number of fused-ring (bicyclic) bond motifs is 1. The summed E-state index contributed by atoms with van der Waals surface area (Å²) in [5.74, 6) is 0.346. The average Bonchev–Trinajstić information content (AvgIpc) is 3.19. The Hall–Kier alpha value is -2.29. The Morgan fingerprint density at radius 2 is 1.97 bits per heavy atom. The number of piperidine rings is 1. The van der Waals surface area contributed by atoms with E-state index < -0.39 is 27.0 Å². The number of rotatable bonds is 7. The summed E-state index contributed by atoms with van der Waals surface area (Å²) in [6, 6.07) is 1.58. The second kappa shape index (κ2) is 8.18. The number of anilines is 1. The molecule has 1 saturated carbocycles. The van der Waals surface area contributed by atoms with E-state index in [9.17, 15) is 22.3 Å². The third kappa shape index (κ3) is 4.32. The first-order chi connectivity index (χ1) is 15.7. The number of nitrogens with one attached hydrogen (secondary N) is 1. The number of aliphatic hydroxyl groups excluding tert-OH is 1. The highest BCUT2D eigenvalue weighted by molar-refractivity contribution is 7.89. The molecule has 4 heterocycles. The Morgan fingerprint density at radius 1 is 1.24 bits per heavy atom. The van der Waals surface area contributed by atoms with Crippen LogP contribution in [-0.2, 0) is 10.0 Å². The fourth-order valence-electron chi connectivity index (χ4n) is 3.92. The van der Waals surface area contributed by atoms with Crippen LogP contribution in [0.2, 0.25) is 0 Å². The molecule has 3 aromatic heterocycles. The molecule has 0 aromatic carbocycles. The molecule has 0 radical (unpaired) electrons. The third-order valence-electron chi connectivity index (χ3n) is 6.18. The minimum absolute atomic E-state index is 0.0297. The zero-order valence-corrected chi connectivity index (χ0v) is 19.4. The number of aliphatic hydroxyl groups is 1. The van der Waals surface area contributed by atoms with Crippen LogP contribution in [0, 0.1) is 5.92 Å². The van der Waals surface area contributed by atoms with Gasteiger partial charge in [0, 0.05) is 31.4 Å². The minimum Gasteiger partial charge on any atom is -0.396 e. The van der Waals surface area contributed by atoms with E-state index in [2.05, 4.69) is 25.1 Å². The van der Waals surface area contributed by atoms with E-state index in [4.69, 9.17) is 0 Å². The molecule has 5 rings (SSSR count). The summed E-state index contributed by atoms with van der Waals surface area (Å²) in [5.41, 5.74) is 0.514. The number of pyridine rings is 1. The van der Waals surface area contributed by atoms with Gasteiger partial charge >= 0.3 is 0 Å². The molecule has 0 bridgehead atoms. The predicted molar refractivity (Wildman–Crippen MR) is 117 cm³/mol. The van der Waals surface area contributed by atoms with Gasteiger partial charge in [0.05, 0.1) is 5.69 Å². The Balaban J connectivity index is 1.62. The first-order valence-corrected chi connectivity index (χ1v) is 12.9. The van der Waals surface area contributed by atoms with E-state index >= 15 is 0 Å². The summed E-state index contributed by atoms with van der Waals surface area (Å²) in [6.07, 6.45) is 1.66. The molecule has 3 aromatic rings. The molecule has 1 aliphatic heterocycles. The summed E-state index contributed by atoms with van der Waals surface area (Å²) in [5, 5.41) is 24.8. The normalized spacial score (nSPS) is 19.0. The Labute approximate surface area is 192 Å². The van der Waals surface area contributed by atoms with Crippen molar-refractivity contribution in [3.63, 3.8) is 0 Å². The first kappa shape index (κ1) is 22.5. The molecule has 0 unspecified atom stereocenters. The number of halogens is 2. The summed E-state index contributed by atoms with van der Waals surface area (Å²) < 4.78 is 56.7. The monoisotopic (exact) mass is 499 g/mol. The third-order valence-corrected chi connectivity index (χ3v) is 8.72. The zero-order valence-electron chi connectivity index (χ0n) is 17.8. The van der Waals surface area contributed by atoms with Crippen molar-refractivity contribution >= 4 is 32.7 Å². The van der Waals surface area contributed by atoms with Gasteiger partial charge in [-0.25, -0.2) is 21.9 Å².